The predicted molar refractivity (Wildman–Crippen MR) is 107 cm³/mol. The Bertz CT molecular complexity index is 896. The van der Waals surface area contributed by atoms with Gasteiger partial charge in [-0.1, -0.05) is 19.9 Å². The Morgan fingerprint density at radius 3 is 2.74 bits per heavy atom. The lowest BCUT2D eigenvalue weighted by atomic mass is 10.2. The summed E-state index contributed by atoms with van der Waals surface area (Å²) in [6.07, 6.45) is 1.75. The zero-order chi connectivity index (χ0) is 19.2. The highest BCUT2D eigenvalue weighted by Gasteiger charge is 2.24. The Kier molecular flexibility index (Phi) is 6.31. The van der Waals surface area contributed by atoms with Gasteiger partial charge in [0.05, 0.1) is 41.2 Å². The van der Waals surface area contributed by atoms with Crippen LogP contribution in [0.2, 0.25) is 0 Å². The molecule has 1 atom stereocenters. The second kappa shape index (κ2) is 8.88. The molecule has 0 radical (unpaired) electrons. The highest BCUT2D eigenvalue weighted by Crippen LogP contribution is 2.25. The normalized spacial score (nSPS) is 14.6. The number of fused-ring (bicyclic) bond motifs is 1. The van der Waals surface area contributed by atoms with Gasteiger partial charge < -0.3 is 15.4 Å². The first kappa shape index (κ1) is 19.2. The fourth-order valence-electron chi connectivity index (χ4n) is 2.55. The van der Waals surface area contributed by atoms with E-state index in [1.54, 1.807) is 6.20 Å². The fourth-order valence-corrected chi connectivity index (χ4v) is 3.37. The number of hydrogen-bond acceptors (Lipinski definition) is 7. The van der Waals surface area contributed by atoms with Crippen LogP contribution < -0.4 is 10.6 Å². The predicted octanol–water partition coefficient (Wildman–Crippen LogP) is 3.41. The van der Waals surface area contributed by atoms with Crippen molar-refractivity contribution in [1.82, 2.24) is 20.3 Å². The van der Waals surface area contributed by atoms with Crippen molar-refractivity contribution in [3.8, 4) is 0 Å². The summed E-state index contributed by atoms with van der Waals surface area (Å²) in [4.78, 5) is 25.9. The fraction of sp³-hybridized carbons (Fsp3) is 0.368. The first-order valence-corrected chi connectivity index (χ1v) is 9.90. The summed E-state index contributed by atoms with van der Waals surface area (Å²) in [7, 11) is 0. The van der Waals surface area contributed by atoms with Gasteiger partial charge in [-0.3, -0.25) is 9.78 Å². The van der Waals surface area contributed by atoms with Crippen LogP contribution in [-0.2, 0) is 4.74 Å². The molecule has 1 aliphatic heterocycles. The van der Waals surface area contributed by atoms with Crippen LogP contribution in [0.1, 0.15) is 43.0 Å². The van der Waals surface area contributed by atoms with Crippen LogP contribution in [0.15, 0.2) is 35.8 Å². The van der Waals surface area contributed by atoms with Crippen molar-refractivity contribution < 1.29 is 9.53 Å². The molecule has 2 N–H and O–H groups in total. The number of nitrogens with one attached hydrogen (secondary N) is 2. The van der Waals surface area contributed by atoms with Crippen molar-refractivity contribution in [2.75, 3.05) is 18.5 Å². The van der Waals surface area contributed by atoms with Gasteiger partial charge >= 0.3 is 0 Å². The van der Waals surface area contributed by atoms with Gasteiger partial charge in [0.2, 0.25) is 5.95 Å². The molecule has 1 fully saturated rings. The maximum Gasteiger partial charge on any atom is 0.271 e. The number of hydrogen-bond donors (Lipinski definition) is 2. The largest absolute Gasteiger partial charge is 0.377 e. The number of aromatic nitrogens is 3. The maximum absolute atomic E-state index is 12.6. The van der Waals surface area contributed by atoms with Gasteiger partial charge in [0.15, 0.2) is 5.69 Å². The first-order valence-electron chi connectivity index (χ1n) is 9.02. The molecule has 27 heavy (non-hydrogen) atoms. The van der Waals surface area contributed by atoms with Gasteiger partial charge in [0.1, 0.15) is 0 Å². The number of nitrogens with zero attached hydrogens (tertiary/aromatic N) is 3. The van der Waals surface area contributed by atoms with Crippen molar-refractivity contribution in [2.45, 2.75) is 32.9 Å². The molecule has 0 aromatic carbocycles. The van der Waals surface area contributed by atoms with Crippen LogP contribution in [0.25, 0.3) is 10.2 Å². The monoisotopic (exact) mass is 385 g/mol. The molecule has 8 heteroatoms. The third-order valence-electron chi connectivity index (χ3n) is 3.97. The number of carbonyl (C=O) groups excluding carboxylic acids is 1. The second-order valence-electron chi connectivity index (χ2n) is 5.86. The Morgan fingerprint density at radius 1 is 1.26 bits per heavy atom. The van der Waals surface area contributed by atoms with Crippen LogP contribution in [0.5, 0.6) is 0 Å². The number of rotatable bonds is 5. The molecule has 3 aromatic heterocycles. The minimum absolute atomic E-state index is 0.0568. The van der Waals surface area contributed by atoms with Crippen LogP contribution in [-0.4, -0.2) is 40.1 Å². The number of amides is 1. The molecular weight excluding hydrogens is 362 g/mol. The number of pyridine rings is 1. The smallest absolute Gasteiger partial charge is 0.271 e. The average Bonchev–Trinajstić information content (AvgIpc) is 3.14. The van der Waals surface area contributed by atoms with Gasteiger partial charge in [-0.2, -0.15) is 0 Å². The minimum atomic E-state index is -0.198. The lowest BCUT2D eigenvalue weighted by Gasteiger charge is -2.26. The van der Waals surface area contributed by atoms with E-state index in [2.05, 4.69) is 25.6 Å². The molecular formula is C19H23N5O2S. The van der Waals surface area contributed by atoms with Gasteiger partial charge in [0, 0.05) is 6.20 Å². The van der Waals surface area contributed by atoms with Crippen LogP contribution >= 0.6 is 11.3 Å². The molecule has 1 amide bonds. The Balaban J connectivity index is 0.00000102. The molecule has 1 aliphatic rings. The van der Waals surface area contributed by atoms with E-state index in [1.807, 2.05) is 50.4 Å². The molecule has 4 heterocycles. The third-order valence-corrected chi connectivity index (χ3v) is 4.88. The van der Waals surface area contributed by atoms with Crippen LogP contribution in [0.3, 0.4) is 0 Å². The molecule has 0 aliphatic carbocycles. The molecule has 0 bridgehead atoms. The topological polar surface area (TPSA) is 89.0 Å². The molecule has 7 nitrogen and oxygen atoms in total. The van der Waals surface area contributed by atoms with Crippen molar-refractivity contribution in [1.29, 1.82) is 0 Å². The second-order valence-corrected chi connectivity index (χ2v) is 6.78. The van der Waals surface area contributed by atoms with Crippen molar-refractivity contribution in [3.05, 3.63) is 47.2 Å². The first-order chi connectivity index (χ1) is 13.2. The zero-order valence-electron chi connectivity index (χ0n) is 15.6. The van der Waals surface area contributed by atoms with E-state index in [0.29, 0.717) is 24.9 Å². The number of carbonyl (C=O) groups is 1. The molecule has 0 saturated carbocycles. The van der Waals surface area contributed by atoms with Crippen LogP contribution in [0, 0.1) is 0 Å². The van der Waals surface area contributed by atoms with E-state index < -0.39 is 0 Å². The Hall–Kier alpha value is -2.58. The molecule has 1 saturated heterocycles. The Morgan fingerprint density at radius 2 is 2.07 bits per heavy atom. The molecule has 0 spiro atoms. The maximum atomic E-state index is 12.6. The summed E-state index contributed by atoms with van der Waals surface area (Å²) in [5, 5.41) is 8.08. The summed E-state index contributed by atoms with van der Waals surface area (Å²) in [5.41, 5.74) is 2.03. The lowest BCUT2D eigenvalue weighted by Crippen LogP contribution is -2.48. The minimum Gasteiger partial charge on any atom is -0.377 e. The van der Waals surface area contributed by atoms with E-state index >= 15 is 0 Å². The van der Waals surface area contributed by atoms with E-state index in [9.17, 15) is 4.79 Å². The molecule has 3 aromatic rings. The number of ether oxygens (including phenoxy) is 1. The molecule has 0 unspecified atom stereocenters. The summed E-state index contributed by atoms with van der Waals surface area (Å²) in [6.45, 7) is 7.08. The van der Waals surface area contributed by atoms with E-state index in [1.165, 1.54) is 11.3 Å². The van der Waals surface area contributed by atoms with Gasteiger partial charge in [-0.25, -0.2) is 9.97 Å². The summed E-state index contributed by atoms with van der Waals surface area (Å²) in [5.74, 6) is 0.218. The van der Waals surface area contributed by atoms with E-state index in [0.717, 1.165) is 15.9 Å². The van der Waals surface area contributed by atoms with E-state index in [4.69, 9.17) is 4.74 Å². The average molecular weight is 385 g/mol. The van der Waals surface area contributed by atoms with E-state index in [-0.39, 0.29) is 18.0 Å². The highest BCUT2D eigenvalue weighted by molar-refractivity contribution is 7.17. The zero-order valence-corrected chi connectivity index (χ0v) is 16.4. The van der Waals surface area contributed by atoms with Gasteiger partial charge in [-0.15, -0.1) is 11.3 Å². The third kappa shape index (κ3) is 4.40. The Labute approximate surface area is 162 Å². The van der Waals surface area contributed by atoms with Crippen molar-refractivity contribution in [2.24, 2.45) is 0 Å². The van der Waals surface area contributed by atoms with Crippen LogP contribution in [0.4, 0.5) is 5.95 Å². The number of thiophene rings is 1. The van der Waals surface area contributed by atoms with Gasteiger partial charge in [0.25, 0.3) is 5.91 Å². The van der Waals surface area contributed by atoms with Crippen molar-refractivity contribution in [3.63, 3.8) is 0 Å². The molecule has 142 valence electrons. The summed E-state index contributed by atoms with van der Waals surface area (Å²) >= 11 is 1.46. The lowest BCUT2D eigenvalue weighted by molar-refractivity contribution is -0.00351. The molecule has 4 rings (SSSR count). The van der Waals surface area contributed by atoms with Gasteiger partial charge in [-0.05, 0) is 30.5 Å². The standard InChI is InChI=1S/C17H17N5O2S.C2H6/c1-10(12-4-2-3-6-18-12)19-17-21-13-5-7-25-15(13)14(22-17)16(23)20-11-8-24-9-11;1-2/h2-7,10-11H,8-9H2,1H3,(H,20,23)(H,19,21,22);1-2H3/t10-;/m0./s1. The highest BCUT2D eigenvalue weighted by atomic mass is 32.1. The quantitative estimate of drug-likeness (QED) is 0.700. The summed E-state index contributed by atoms with van der Waals surface area (Å²) < 4.78 is 5.89. The van der Waals surface area contributed by atoms with Crippen molar-refractivity contribution >= 4 is 33.4 Å². The SMILES string of the molecule is CC.C[C@H](Nc1nc(C(=O)NC2COC2)c2sccc2n1)c1ccccn1. The number of anilines is 1. The summed E-state index contributed by atoms with van der Waals surface area (Å²) in [6, 6.07) is 7.61.